The van der Waals surface area contributed by atoms with E-state index in [-0.39, 0.29) is 18.8 Å². The molecule has 2 rings (SSSR count). The number of methoxy groups -OCH3 is 1. The van der Waals surface area contributed by atoms with E-state index >= 15 is 0 Å². The normalized spacial score (nSPS) is 10.5. The summed E-state index contributed by atoms with van der Waals surface area (Å²) in [5.74, 6) is -1.11. The van der Waals surface area contributed by atoms with Crippen LogP contribution in [0.2, 0.25) is 0 Å². The Labute approximate surface area is 148 Å². The van der Waals surface area contributed by atoms with Gasteiger partial charge in [0.1, 0.15) is 0 Å². The van der Waals surface area contributed by atoms with Crippen LogP contribution in [0.15, 0.2) is 36.4 Å². The molecule has 0 radical (unpaired) electrons. The van der Waals surface area contributed by atoms with E-state index in [4.69, 9.17) is 9.84 Å². The van der Waals surface area contributed by atoms with Gasteiger partial charge < -0.3 is 9.84 Å². The molecule has 0 heterocycles. The zero-order valence-corrected chi connectivity index (χ0v) is 15.0. The number of carboxylic acid groups (broad SMARTS) is 1. The SMILES string of the molecule is CCc1ccc(CC(=O)O)cc1-c1cc(CC(=O)OC)ccc1CC. The molecule has 4 nitrogen and oxygen atoms in total. The lowest BCUT2D eigenvalue weighted by Crippen LogP contribution is -2.05. The zero-order valence-electron chi connectivity index (χ0n) is 15.0. The van der Waals surface area contributed by atoms with Gasteiger partial charge in [-0.05, 0) is 46.2 Å². The van der Waals surface area contributed by atoms with Crippen molar-refractivity contribution >= 4 is 11.9 Å². The average molecular weight is 340 g/mol. The highest BCUT2D eigenvalue weighted by molar-refractivity contribution is 5.77. The predicted molar refractivity (Wildman–Crippen MR) is 97.7 cm³/mol. The van der Waals surface area contributed by atoms with Crippen molar-refractivity contribution in [2.75, 3.05) is 7.11 Å². The lowest BCUT2D eigenvalue weighted by molar-refractivity contribution is -0.140. The van der Waals surface area contributed by atoms with E-state index in [9.17, 15) is 9.59 Å². The number of esters is 1. The number of carbonyl (C=O) groups is 2. The molecule has 1 N–H and O–H groups in total. The number of carbonyl (C=O) groups excluding carboxylic acids is 1. The number of benzene rings is 2. The summed E-state index contributed by atoms with van der Waals surface area (Å²) in [6, 6.07) is 11.8. The molecule has 0 saturated carbocycles. The predicted octanol–water partition coefficient (Wildman–Crippen LogP) is 3.82. The first kappa shape index (κ1) is 18.7. The van der Waals surface area contributed by atoms with Gasteiger partial charge in [0.25, 0.3) is 0 Å². The first-order chi connectivity index (χ1) is 12.0. The molecule has 0 aromatic heterocycles. The first-order valence-electron chi connectivity index (χ1n) is 8.51. The van der Waals surface area contributed by atoms with Gasteiger partial charge in [-0.25, -0.2) is 0 Å². The highest BCUT2D eigenvalue weighted by Crippen LogP contribution is 2.30. The van der Waals surface area contributed by atoms with Crippen molar-refractivity contribution in [3.8, 4) is 11.1 Å². The van der Waals surface area contributed by atoms with Gasteiger partial charge in [0.2, 0.25) is 0 Å². The van der Waals surface area contributed by atoms with Crippen molar-refractivity contribution in [2.24, 2.45) is 0 Å². The Balaban J connectivity index is 2.55. The fraction of sp³-hybridized carbons (Fsp3) is 0.333. The van der Waals surface area contributed by atoms with Crippen LogP contribution in [-0.4, -0.2) is 24.2 Å². The molecule has 0 atom stereocenters. The number of aliphatic carboxylic acids is 1. The van der Waals surface area contributed by atoms with Gasteiger partial charge in [0.05, 0.1) is 20.0 Å². The van der Waals surface area contributed by atoms with Crippen LogP contribution in [0.1, 0.15) is 36.1 Å². The minimum absolute atomic E-state index is 0.000302. The largest absolute Gasteiger partial charge is 0.481 e. The average Bonchev–Trinajstić information content (AvgIpc) is 2.61. The van der Waals surface area contributed by atoms with Crippen molar-refractivity contribution in [3.05, 3.63) is 58.7 Å². The van der Waals surface area contributed by atoms with Crippen LogP contribution in [0.4, 0.5) is 0 Å². The van der Waals surface area contributed by atoms with Gasteiger partial charge in [-0.3, -0.25) is 9.59 Å². The summed E-state index contributed by atoms with van der Waals surface area (Å²) in [6.45, 7) is 4.17. The van der Waals surface area contributed by atoms with E-state index in [1.807, 2.05) is 36.4 Å². The fourth-order valence-electron chi connectivity index (χ4n) is 3.00. The van der Waals surface area contributed by atoms with E-state index in [0.717, 1.165) is 35.1 Å². The lowest BCUT2D eigenvalue weighted by Gasteiger charge is -2.15. The van der Waals surface area contributed by atoms with Crippen molar-refractivity contribution in [1.29, 1.82) is 0 Å². The second-order valence-corrected chi connectivity index (χ2v) is 6.01. The number of hydrogen-bond donors (Lipinski definition) is 1. The van der Waals surface area contributed by atoms with Crippen molar-refractivity contribution in [3.63, 3.8) is 0 Å². The van der Waals surface area contributed by atoms with Gasteiger partial charge in [0, 0.05) is 0 Å². The molecule has 0 fully saturated rings. The number of carboxylic acids is 1. The lowest BCUT2D eigenvalue weighted by atomic mass is 9.89. The molecule has 2 aromatic carbocycles. The molecule has 0 aliphatic heterocycles. The van der Waals surface area contributed by atoms with Crippen LogP contribution in [-0.2, 0) is 40.0 Å². The molecule has 0 aliphatic rings. The Morgan fingerprint density at radius 3 is 1.76 bits per heavy atom. The Kier molecular flexibility index (Phi) is 6.34. The van der Waals surface area contributed by atoms with Crippen molar-refractivity contribution in [2.45, 2.75) is 39.5 Å². The third-order valence-electron chi connectivity index (χ3n) is 4.33. The van der Waals surface area contributed by atoms with E-state index in [2.05, 4.69) is 13.8 Å². The Morgan fingerprint density at radius 2 is 1.36 bits per heavy atom. The van der Waals surface area contributed by atoms with E-state index in [1.165, 1.54) is 18.2 Å². The van der Waals surface area contributed by atoms with E-state index < -0.39 is 5.97 Å². The number of rotatable bonds is 7. The maximum atomic E-state index is 11.6. The monoisotopic (exact) mass is 340 g/mol. The molecular formula is C21H24O4. The maximum Gasteiger partial charge on any atom is 0.309 e. The molecule has 25 heavy (non-hydrogen) atoms. The van der Waals surface area contributed by atoms with Gasteiger partial charge in [0.15, 0.2) is 0 Å². The quantitative estimate of drug-likeness (QED) is 0.778. The molecule has 2 aromatic rings. The third kappa shape index (κ3) is 4.69. The van der Waals surface area contributed by atoms with Crippen LogP contribution in [0.25, 0.3) is 11.1 Å². The summed E-state index contributed by atoms with van der Waals surface area (Å²) >= 11 is 0. The van der Waals surface area contributed by atoms with Crippen LogP contribution < -0.4 is 0 Å². The Hall–Kier alpha value is -2.62. The minimum atomic E-state index is -0.842. The molecule has 0 saturated heterocycles. The highest BCUT2D eigenvalue weighted by Gasteiger charge is 2.13. The fourth-order valence-corrected chi connectivity index (χ4v) is 3.00. The van der Waals surface area contributed by atoms with Crippen LogP contribution >= 0.6 is 0 Å². The van der Waals surface area contributed by atoms with Crippen LogP contribution in [0.3, 0.4) is 0 Å². The number of hydrogen-bond acceptors (Lipinski definition) is 3. The number of aryl methyl sites for hydroxylation is 2. The van der Waals surface area contributed by atoms with Gasteiger partial charge in [-0.1, -0.05) is 50.2 Å². The molecular weight excluding hydrogens is 316 g/mol. The molecule has 0 unspecified atom stereocenters. The summed E-state index contributed by atoms with van der Waals surface area (Å²) in [5, 5.41) is 9.07. The number of ether oxygens (including phenoxy) is 1. The Bertz CT molecular complexity index is 777. The standard InChI is InChI=1S/C21H24O4/c1-4-16-8-6-14(12-20(22)23)10-18(16)19-11-15(13-21(24)25-3)7-9-17(19)5-2/h6-11H,4-5,12-13H2,1-3H3,(H,22,23). The van der Waals surface area contributed by atoms with Gasteiger partial charge >= 0.3 is 11.9 Å². The topological polar surface area (TPSA) is 63.6 Å². The molecule has 0 aliphatic carbocycles. The summed E-state index contributed by atoms with van der Waals surface area (Å²) in [7, 11) is 1.38. The van der Waals surface area contributed by atoms with Gasteiger partial charge in [-0.2, -0.15) is 0 Å². The maximum absolute atomic E-state index is 11.6. The van der Waals surface area contributed by atoms with Crippen LogP contribution in [0, 0.1) is 0 Å². The highest BCUT2D eigenvalue weighted by atomic mass is 16.5. The molecule has 4 heteroatoms. The summed E-state index contributed by atoms with van der Waals surface area (Å²) < 4.78 is 4.76. The van der Waals surface area contributed by atoms with Crippen molar-refractivity contribution < 1.29 is 19.4 Å². The third-order valence-corrected chi connectivity index (χ3v) is 4.33. The molecule has 0 bridgehead atoms. The second kappa shape index (κ2) is 8.47. The second-order valence-electron chi connectivity index (χ2n) is 6.01. The summed E-state index contributed by atoms with van der Waals surface area (Å²) in [5.41, 5.74) is 6.12. The molecule has 132 valence electrons. The van der Waals surface area contributed by atoms with Crippen molar-refractivity contribution in [1.82, 2.24) is 0 Å². The zero-order chi connectivity index (χ0) is 18.4. The molecule has 0 spiro atoms. The minimum Gasteiger partial charge on any atom is -0.481 e. The van der Waals surface area contributed by atoms with Gasteiger partial charge in [-0.15, -0.1) is 0 Å². The smallest absolute Gasteiger partial charge is 0.309 e. The summed E-state index contributed by atoms with van der Waals surface area (Å²) in [6.07, 6.45) is 1.94. The van der Waals surface area contributed by atoms with E-state index in [1.54, 1.807) is 0 Å². The van der Waals surface area contributed by atoms with E-state index in [0.29, 0.717) is 0 Å². The molecule has 0 amide bonds. The van der Waals surface area contributed by atoms with Crippen LogP contribution in [0.5, 0.6) is 0 Å². The Morgan fingerprint density at radius 1 is 0.880 bits per heavy atom. The first-order valence-corrected chi connectivity index (χ1v) is 8.51. The summed E-state index contributed by atoms with van der Waals surface area (Å²) in [4.78, 5) is 22.6.